The van der Waals surface area contributed by atoms with Crippen molar-refractivity contribution in [1.29, 1.82) is 0 Å². The van der Waals surface area contributed by atoms with Gasteiger partial charge in [-0.1, -0.05) is 23.7 Å². The van der Waals surface area contributed by atoms with Gasteiger partial charge in [-0.3, -0.25) is 0 Å². The van der Waals surface area contributed by atoms with Gasteiger partial charge in [0.05, 0.1) is 0 Å². The number of hydrogen-bond acceptors (Lipinski definition) is 2. The lowest BCUT2D eigenvalue weighted by molar-refractivity contribution is 0.593. The Labute approximate surface area is 125 Å². The van der Waals surface area contributed by atoms with Crippen LogP contribution in [0, 0.1) is 6.92 Å². The van der Waals surface area contributed by atoms with Crippen LogP contribution in [0.3, 0.4) is 0 Å². The highest BCUT2D eigenvalue weighted by Crippen LogP contribution is 2.29. The standard InChI is InChI=1S/C14H15BrClNS/c1-9-12(4-3-5-13(9)16)14(17-2)7-11-6-10(15)8-18-11/h3-6,8,14,17H,7H2,1-2H3. The van der Waals surface area contributed by atoms with Gasteiger partial charge in [0.2, 0.25) is 0 Å². The van der Waals surface area contributed by atoms with Crippen LogP contribution in [0.2, 0.25) is 5.02 Å². The van der Waals surface area contributed by atoms with Gasteiger partial charge in [0.1, 0.15) is 0 Å². The van der Waals surface area contributed by atoms with E-state index in [1.165, 1.54) is 10.4 Å². The van der Waals surface area contributed by atoms with E-state index >= 15 is 0 Å². The molecule has 2 aromatic rings. The Bertz CT molecular complexity index is 538. The molecule has 0 spiro atoms. The second-order valence-corrected chi connectivity index (χ2v) is 6.55. The van der Waals surface area contributed by atoms with Crippen molar-refractivity contribution in [1.82, 2.24) is 5.32 Å². The Morgan fingerprint density at radius 1 is 1.44 bits per heavy atom. The molecule has 1 atom stereocenters. The maximum atomic E-state index is 6.19. The number of nitrogens with one attached hydrogen (secondary N) is 1. The van der Waals surface area contributed by atoms with Crippen LogP contribution in [-0.2, 0) is 6.42 Å². The van der Waals surface area contributed by atoms with Crippen molar-refractivity contribution in [2.24, 2.45) is 0 Å². The second-order valence-electron chi connectivity index (χ2n) is 4.23. The lowest BCUT2D eigenvalue weighted by atomic mass is 9.98. The Balaban J connectivity index is 2.25. The molecule has 0 radical (unpaired) electrons. The van der Waals surface area contributed by atoms with Crippen molar-refractivity contribution in [2.45, 2.75) is 19.4 Å². The van der Waals surface area contributed by atoms with E-state index in [1.807, 2.05) is 19.2 Å². The predicted octanol–water partition coefficient (Wildman–Crippen LogP) is 4.98. The highest BCUT2D eigenvalue weighted by atomic mass is 79.9. The minimum absolute atomic E-state index is 0.300. The van der Waals surface area contributed by atoms with Gasteiger partial charge in [0, 0.05) is 32.2 Å². The third kappa shape index (κ3) is 3.15. The Morgan fingerprint density at radius 3 is 2.83 bits per heavy atom. The van der Waals surface area contributed by atoms with E-state index in [-0.39, 0.29) is 0 Å². The number of likely N-dealkylation sites (N-methyl/N-ethyl adjacent to an activating group) is 1. The van der Waals surface area contributed by atoms with Crippen LogP contribution in [0.5, 0.6) is 0 Å². The molecule has 0 amide bonds. The summed E-state index contributed by atoms with van der Waals surface area (Å²) in [5.41, 5.74) is 2.43. The Morgan fingerprint density at radius 2 is 2.22 bits per heavy atom. The van der Waals surface area contributed by atoms with E-state index < -0.39 is 0 Å². The Hall–Kier alpha value is -0.350. The van der Waals surface area contributed by atoms with Crippen LogP contribution >= 0.6 is 38.9 Å². The maximum absolute atomic E-state index is 6.19. The third-order valence-electron chi connectivity index (χ3n) is 3.06. The third-order valence-corrected chi connectivity index (χ3v) is 5.19. The monoisotopic (exact) mass is 343 g/mol. The molecule has 1 nitrogen and oxygen atoms in total. The topological polar surface area (TPSA) is 12.0 Å². The number of halogens is 2. The van der Waals surface area contributed by atoms with E-state index in [2.05, 4.69) is 45.7 Å². The Kier molecular flexibility index (Phi) is 4.84. The van der Waals surface area contributed by atoms with Gasteiger partial charge < -0.3 is 5.32 Å². The summed E-state index contributed by atoms with van der Waals surface area (Å²) in [6, 6.07) is 8.57. The van der Waals surface area contributed by atoms with Crippen LogP contribution in [0.25, 0.3) is 0 Å². The first-order valence-corrected chi connectivity index (χ1v) is 7.82. The summed E-state index contributed by atoms with van der Waals surface area (Å²) in [7, 11) is 1.99. The smallest absolute Gasteiger partial charge is 0.0438 e. The second kappa shape index (κ2) is 6.20. The maximum Gasteiger partial charge on any atom is 0.0438 e. The molecule has 0 aliphatic heterocycles. The molecule has 0 aliphatic rings. The largest absolute Gasteiger partial charge is 0.313 e. The van der Waals surface area contributed by atoms with Gasteiger partial charge in [-0.05, 0) is 53.2 Å². The van der Waals surface area contributed by atoms with Crippen molar-refractivity contribution >= 4 is 38.9 Å². The average molecular weight is 345 g/mol. The number of thiophene rings is 1. The van der Waals surface area contributed by atoms with Crippen molar-refractivity contribution < 1.29 is 0 Å². The number of rotatable bonds is 4. The molecule has 96 valence electrons. The highest BCUT2D eigenvalue weighted by molar-refractivity contribution is 9.10. The summed E-state index contributed by atoms with van der Waals surface area (Å²) in [4.78, 5) is 1.36. The number of benzene rings is 1. The van der Waals surface area contributed by atoms with Gasteiger partial charge in [0.25, 0.3) is 0 Å². The van der Waals surface area contributed by atoms with Crippen molar-refractivity contribution in [3.05, 3.63) is 55.1 Å². The zero-order valence-corrected chi connectivity index (χ0v) is 13.5. The van der Waals surface area contributed by atoms with Gasteiger partial charge in [-0.2, -0.15) is 0 Å². The average Bonchev–Trinajstić information content (AvgIpc) is 2.76. The summed E-state index contributed by atoms with van der Waals surface area (Å²) in [5.74, 6) is 0. The van der Waals surface area contributed by atoms with E-state index in [0.717, 1.165) is 21.5 Å². The highest BCUT2D eigenvalue weighted by Gasteiger charge is 2.14. The van der Waals surface area contributed by atoms with E-state index in [0.29, 0.717) is 6.04 Å². The summed E-state index contributed by atoms with van der Waals surface area (Å²) >= 11 is 11.5. The molecule has 1 heterocycles. The van der Waals surface area contributed by atoms with Crippen LogP contribution in [0.4, 0.5) is 0 Å². The van der Waals surface area contributed by atoms with Gasteiger partial charge in [-0.15, -0.1) is 11.3 Å². The van der Waals surface area contributed by atoms with Crippen LogP contribution in [-0.4, -0.2) is 7.05 Å². The molecular formula is C14H15BrClNS. The quantitative estimate of drug-likeness (QED) is 0.825. The summed E-state index contributed by atoms with van der Waals surface area (Å²) in [5, 5.41) is 6.33. The summed E-state index contributed by atoms with van der Waals surface area (Å²) < 4.78 is 1.15. The molecule has 1 aromatic carbocycles. The predicted molar refractivity (Wildman–Crippen MR) is 83.7 cm³/mol. The van der Waals surface area contributed by atoms with Gasteiger partial charge in [-0.25, -0.2) is 0 Å². The molecule has 1 aromatic heterocycles. The van der Waals surface area contributed by atoms with Gasteiger partial charge >= 0.3 is 0 Å². The molecule has 0 saturated heterocycles. The first-order chi connectivity index (χ1) is 8.61. The minimum atomic E-state index is 0.300. The van der Waals surface area contributed by atoms with Crippen LogP contribution in [0.15, 0.2) is 34.1 Å². The van der Waals surface area contributed by atoms with Crippen LogP contribution < -0.4 is 5.32 Å². The normalized spacial score (nSPS) is 12.7. The molecule has 0 aliphatic carbocycles. The fraction of sp³-hybridized carbons (Fsp3) is 0.286. The SMILES string of the molecule is CNC(Cc1cc(Br)cs1)c1cccc(Cl)c1C. The first-order valence-electron chi connectivity index (χ1n) is 5.77. The van der Waals surface area contributed by atoms with E-state index in [1.54, 1.807) is 11.3 Å². The molecule has 0 fully saturated rings. The molecule has 18 heavy (non-hydrogen) atoms. The molecule has 0 bridgehead atoms. The van der Waals surface area contributed by atoms with Crippen molar-refractivity contribution in [3.63, 3.8) is 0 Å². The minimum Gasteiger partial charge on any atom is -0.313 e. The fourth-order valence-electron chi connectivity index (χ4n) is 2.03. The first kappa shape index (κ1) is 14.1. The lowest BCUT2D eigenvalue weighted by Gasteiger charge is -2.18. The van der Waals surface area contributed by atoms with Crippen LogP contribution in [0.1, 0.15) is 22.0 Å². The zero-order chi connectivity index (χ0) is 13.1. The van der Waals surface area contributed by atoms with E-state index in [4.69, 9.17) is 11.6 Å². The molecule has 2 rings (SSSR count). The summed E-state index contributed by atoms with van der Waals surface area (Å²) in [6.45, 7) is 2.08. The zero-order valence-electron chi connectivity index (χ0n) is 10.3. The van der Waals surface area contributed by atoms with Crippen molar-refractivity contribution in [3.8, 4) is 0 Å². The molecule has 1 unspecified atom stereocenters. The molecule has 4 heteroatoms. The van der Waals surface area contributed by atoms with Crippen molar-refractivity contribution in [2.75, 3.05) is 7.05 Å². The van der Waals surface area contributed by atoms with Gasteiger partial charge in [0.15, 0.2) is 0 Å². The van der Waals surface area contributed by atoms with E-state index in [9.17, 15) is 0 Å². The number of hydrogen-bond donors (Lipinski definition) is 1. The molecular weight excluding hydrogens is 330 g/mol. The lowest BCUT2D eigenvalue weighted by Crippen LogP contribution is -2.19. The summed E-state index contributed by atoms with van der Waals surface area (Å²) in [6.07, 6.45) is 0.980. The molecule has 0 saturated carbocycles. The molecule has 1 N–H and O–H groups in total. The fourth-order valence-corrected chi connectivity index (χ4v) is 3.71.